The molecule has 0 radical (unpaired) electrons. The Labute approximate surface area is 202 Å². The van der Waals surface area contributed by atoms with E-state index in [1.54, 1.807) is 0 Å². The Bertz CT molecular complexity index is 979. The van der Waals surface area contributed by atoms with Crippen molar-refractivity contribution in [2.75, 3.05) is 6.61 Å². The summed E-state index contributed by atoms with van der Waals surface area (Å²) in [6.45, 7) is 10.9. The number of rotatable bonds is 5. The lowest BCUT2D eigenvalue weighted by Crippen LogP contribution is -2.68. The lowest BCUT2D eigenvalue weighted by molar-refractivity contribution is -0.181. The molecule has 34 heavy (non-hydrogen) atoms. The van der Waals surface area contributed by atoms with E-state index in [0.29, 0.717) is 6.61 Å². The van der Waals surface area contributed by atoms with Crippen LogP contribution < -0.4 is 10.4 Å². The van der Waals surface area contributed by atoms with Gasteiger partial charge in [0.15, 0.2) is 11.9 Å². The standard InChI is InChI=1S/C27H34O6Si/c1-26(2,3)34(18-12-8-6-9-13-18,19-14-10-7-11-15-19)29-17-21-24-25(33-27(4,5)32-24)23-20(30-21)16-22(28)31-23/h6-15,20-21,23-25H,16-17H2,1-5H3/t20-,21+,23+,24+,25-/m0/s1. The summed E-state index contributed by atoms with van der Waals surface area (Å²) >= 11 is 0. The number of ether oxygens (including phenoxy) is 4. The molecule has 0 bridgehead atoms. The van der Waals surface area contributed by atoms with Crippen LogP contribution in [-0.2, 0) is 28.2 Å². The van der Waals surface area contributed by atoms with Crippen molar-refractivity contribution in [1.82, 2.24) is 0 Å². The second-order valence-electron chi connectivity index (χ2n) is 10.9. The third-order valence-electron chi connectivity index (χ3n) is 7.09. The van der Waals surface area contributed by atoms with Crippen LogP contribution in [0, 0.1) is 0 Å². The topological polar surface area (TPSA) is 63.2 Å². The first kappa shape index (κ1) is 23.7. The maximum absolute atomic E-state index is 12.1. The Kier molecular flexibility index (Phi) is 5.97. The molecule has 5 rings (SSSR count). The highest BCUT2D eigenvalue weighted by atomic mass is 28.4. The summed E-state index contributed by atoms with van der Waals surface area (Å²) in [5.74, 6) is -1.03. The summed E-state index contributed by atoms with van der Waals surface area (Å²) in [6, 6.07) is 21.1. The lowest BCUT2D eigenvalue weighted by atomic mass is 9.95. The summed E-state index contributed by atoms with van der Waals surface area (Å²) in [7, 11) is -2.73. The molecule has 2 aromatic carbocycles. The Morgan fingerprint density at radius 2 is 1.47 bits per heavy atom. The zero-order valence-corrected chi connectivity index (χ0v) is 21.5. The third-order valence-corrected chi connectivity index (χ3v) is 12.1. The van der Waals surface area contributed by atoms with Gasteiger partial charge in [-0.15, -0.1) is 0 Å². The predicted molar refractivity (Wildman–Crippen MR) is 131 cm³/mol. The van der Waals surface area contributed by atoms with Crippen molar-refractivity contribution in [3.63, 3.8) is 0 Å². The van der Waals surface area contributed by atoms with Crippen LogP contribution >= 0.6 is 0 Å². The van der Waals surface area contributed by atoms with Gasteiger partial charge in [-0.3, -0.25) is 4.79 Å². The number of hydrogen-bond acceptors (Lipinski definition) is 6. The molecular weight excluding hydrogens is 448 g/mol. The molecule has 7 heteroatoms. The van der Waals surface area contributed by atoms with Crippen LogP contribution in [-0.4, -0.2) is 57.2 Å². The fraction of sp³-hybridized carbons (Fsp3) is 0.519. The number of carbonyl (C=O) groups excluding carboxylic acids is 1. The first-order chi connectivity index (χ1) is 16.1. The molecule has 6 nitrogen and oxygen atoms in total. The van der Waals surface area contributed by atoms with Gasteiger partial charge in [0, 0.05) is 0 Å². The highest BCUT2D eigenvalue weighted by Crippen LogP contribution is 2.43. The minimum Gasteiger partial charge on any atom is -0.457 e. The molecule has 3 aliphatic heterocycles. The van der Waals surface area contributed by atoms with E-state index >= 15 is 0 Å². The molecule has 5 atom stereocenters. The summed E-state index contributed by atoms with van der Waals surface area (Å²) in [5, 5.41) is 2.27. The van der Waals surface area contributed by atoms with Crippen LogP contribution in [0.3, 0.4) is 0 Å². The van der Waals surface area contributed by atoms with E-state index in [2.05, 4.69) is 69.3 Å². The number of esters is 1. The fourth-order valence-electron chi connectivity index (χ4n) is 5.72. The summed E-state index contributed by atoms with van der Waals surface area (Å²) in [4.78, 5) is 12.1. The lowest BCUT2D eigenvalue weighted by Gasteiger charge is -2.45. The van der Waals surface area contributed by atoms with Crippen LogP contribution in [0.5, 0.6) is 0 Å². The quantitative estimate of drug-likeness (QED) is 0.482. The normalized spacial score (nSPS) is 30.5. The predicted octanol–water partition coefficient (Wildman–Crippen LogP) is 3.17. The van der Waals surface area contributed by atoms with Gasteiger partial charge in [-0.25, -0.2) is 0 Å². The first-order valence-corrected chi connectivity index (χ1v) is 14.0. The molecule has 182 valence electrons. The van der Waals surface area contributed by atoms with Gasteiger partial charge >= 0.3 is 5.97 Å². The smallest absolute Gasteiger partial charge is 0.309 e. The summed E-state index contributed by atoms with van der Waals surface area (Å²) in [5.41, 5.74) is 0. The molecule has 2 aromatic rings. The highest BCUT2D eigenvalue weighted by Gasteiger charge is 2.60. The Hall–Kier alpha value is -2.03. The van der Waals surface area contributed by atoms with Gasteiger partial charge in [0.2, 0.25) is 0 Å². The molecule has 0 aliphatic carbocycles. The maximum atomic E-state index is 12.1. The van der Waals surface area contributed by atoms with E-state index in [1.807, 2.05) is 26.0 Å². The molecular formula is C27H34O6Si. The monoisotopic (exact) mass is 482 g/mol. The maximum Gasteiger partial charge on any atom is 0.309 e. The molecule has 0 spiro atoms. The zero-order valence-electron chi connectivity index (χ0n) is 20.5. The summed E-state index contributed by atoms with van der Waals surface area (Å²) in [6.07, 6.45) is -1.67. The van der Waals surface area contributed by atoms with Gasteiger partial charge in [0.05, 0.1) is 13.0 Å². The van der Waals surface area contributed by atoms with Gasteiger partial charge in [0.25, 0.3) is 8.32 Å². The average Bonchev–Trinajstić information content (AvgIpc) is 3.32. The zero-order chi connectivity index (χ0) is 24.1. The van der Waals surface area contributed by atoms with Crippen LogP contribution in [0.4, 0.5) is 0 Å². The molecule has 0 amide bonds. The van der Waals surface area contributed by atoms with Gasteiger partial charge < -0.3 is 23.4 Å². The SMILES string of the molecule is CC1(C)O[C@H]2[C@@H]3OC(=O)C[C@@H]3O[C@H](CO[Si](c3ccccc3)(c3ccccc3)C(C)(C)C)[C@H]2O1. The molecule has 3 fully saturated rings. The highest BCUT2D eigenvalue weighted by molar-refractivity contribution is 6.99. The molecule has 0 N–H and O–H groups in total. The van der Waals surface area contributed by atoms with Crippen LogP contribution in [0.15, 0.2) is 60.7 Å². The van der Waals surface area contributed by atoms with Crippen molar-refractivity contribution < 1.29 is 28.2 Å². The molecule has 3 saturated heterocycles. The fourth-order valence-corrected chi connectivity index (χ4v) is 10.3. The average molecular weight is 483 g/mol. The van der Waals surface area contributed by atoms with Crippen LogP contribution in [0.2, 0.25) is 5.04 Å². The summed E-state index contributed by atoms with van der Waals surface area (Å²) < 4.78 is 31.5. The van der Waals surface area contributed by atoms with Crippen molar-refractivity contribution >= 4 is 24.7 Å². The minimum atomic E-state index is -2.73. The van der Waals surface area contributed by atoms with E-state index in [4.69, 9.17) is 23.4 Å². The van der Waals surface area contributed by atoms with E-state index in [9.17, 15) is 4.79 Å². The minimum absolute atomic E-state index is 0.148. The van der Waals surface area contributed by atoms with E-state index in [1.165, 1.54) is 10.4 Å². The van der Waals surface area contributed by atoms with Gasteiger partial charge in [-0.2, -0.15) is 0 Å². The van der Waals surface area contributed by atoms with Crippen molar-refractivity contribution in [3.05, 3.63) is 60.7 Å². The van der Waals surface area contributed by atoms with E-state index < -0.39 is 20.2 Å². The first-order valence-electron chi connectivity index (χ1n) is 12.1. The number of benzene rings is 2. The van der Waals surface area contributed by atoms with Crippen LogP contribution in [0.1, 0.15) is 41.0 Å². The molecule has 3 heterocycles. The van der Waals surface area contributed by atoms with E-state index in [0.717, 1.165) is 0 Å². The largest absolute Gasteiger partial charge is 0.457 e. The van der Waals surface area contributed by atoms with Gasteiger partial charge in [-0.1, -0.05) is 81.4 Å². The molecule has 0 unspecified atom stereocenters. The second kappa shape index (κ2) is 8.57. The van der Waals surface area contributed by atoms with Crippen molar-refractivity contribution in [2.24, 2.45) is 0 Å². The third kappa shape index (κ3) is 4.03. The van der Waals surface area contributed by atoms with Crippen molar-refractivity contribution in [3.8, 4) is 0 Å². The van der Waals surface area contributed by atoms with E-state index in [-0.39, 0.29) is 41.8 Å². The van der Waals surface area contributed by atoms with Gasteiger partial charge in [-0.05, 0) is 29.3 Å². The van der Waals surface area contributed by atoms with Crippen molar-refractivity contribution in [2.45, 2.75) is 82.4 Å². The number of fused-ring (bicyclic) bond motifs is 3. The Balaban J connectivity index is 1.51. The Morgan fingerprint density at radius 1 is 0.912 bits per heavy atom. The second-order valence-corrected chi connectivity index (χ2v) is 15.2. The number of carbonyl (C=O) groups is 1. The molecule has 0 aromatic heterocycles. The van der Waals surface area contributed by atoms with Gasteiger partial charge in [0.1, 0.15) is 24.4 Å². The number of hydrogen-bond donors (Lipinski definition) is 0. The molecule has 0 saturated carbocycles. The Morgan fingerprint density at radius 3 is 2.03 bits per heavy atom. The van der Waals surface area contributed by atoms with Crippen molar-refractivity contribution in [1.29, 1.82) is 0 Å². The molecule has 3 aliphatic rings. The van der Waals surface area contributed by atoms with Crippen LogP contribution in [0.25, 0.3) is 0 Å².